The summed E-state index contributed by atoms with van der Waals surface area (Å²) in [5.74, 6) is -0.757. The first-order valence-corrected chi connectivity index (χ1v) is 24.0. The number of aliphatic carboxylic acids is 1. The van der Waals surface area contributed by atoms with Crippen molar-refractivity contribution in [1.82, 2.24) is 0 Å². The summed E-state index contributed by atoms with van der Waals surface area (Å²) in [6.07, 6.45) is 31.0. The standard InChI is InChI=1S/C28H46P2S.C10H7.C5H10O2.Ni/c1-5-13-23(14-6-1)29(24-15-7-2-8-16-24)27-21-31-22-28(27)30(25-17-9-3-10-18-25)26-19-11-4-12-20-26;1-2-6-10-8-4-3-7-9(10)5-1;1-5(2,3)4(6)7;/h21-26H,1-20H2;1-3,5-8H;1-3H3,(H,6,7);/q;-1;;/p+2. The number of hydrogen-bond acceptors (Lipinski definition) is 2. The van der Waals surface area contributed by atoms with Crippen molar-refractivity contribution in [2.24, 2.45) is 5.41 Å². The van der Waals surface area contributed by atoms with Gasteiger partial charge in [0.1, 0.15) is 10.6 Å². The summed E-state index contributed by atoms with van der Waals surface area (Å²) in [5.41, 5.74) is 3.85. The molecular weight excluding hydrogens is 701 g/mol. The van der Waals surface area contributed by atoms with Crippen molar-refractivity contribution in [3.05, 3.63) is 59.3 Å². The molecule has 7 rings (SSSR count). The van der Waals surface area contributed by atoms with E-state index < -0.39 is 27.2 Å². The van der Waals surface area contributed by atoms with E-state index in [0.717, 1.165) is 22.6 Å². The molecule has 0 saturated heterocycles. The molecule has 4 aliphatic carbocycles. The first-order chi connectivity index (χ1) is 23.3. The van der Waals surface area contributed by atoms with Crippen molar-refractivity contribution in [2.75, 3.05) is 0 Å². The summed E-state index contributed by atoms with van der Waals surface area (Å²) in [7, 11) is -0.788. The van der Waals surface area contributed by atoms with Crippen molar-refractivity contribution in [3.63, 3.8) is 0 Å². The zero-order chi connectivity index (χ0) is 33.8. The van der Waals surface area contributed by atoms with E-state index in [1.165, 1.54) is 87.8 Å². The maximum atomic E-state index is 10.0. The summed E-state index contributed by atoms with van der Waals surface area (Å²) >= 11 is 2.13. The molecule has 0 aliphatic heterocycles. The summed E-state index contributed by atoms with van der Waals surface area (Å²) in [6, 6.07) is 17.3. The second-order valence-electron chi connectivity index (χ2n) is 16.3. The van der Waals surface area contributed by atoms with Gasteiger partial charge >= 0.3 is 5.97 Å². The van der Waals surface area contributed by atoms with Crippen LogP contribution in [0.5, 0.6) is 0 Å². The Morgan fingerprint density at radius 3 is 1.31 bits per heavy atom. The van der Waals surface area contributed by atoms with Crippen LogP contribution in [0.2, 0.25) is 0 Å². The largest absolute Gasteiger partial charge is 0.481 e. The molecule has 0 bridgehead atoms. The van der Waals surface area contributed by atoms with Crippen LogP contribution in [0, 0.1) is 11.5 Å². The predicted octanol–water partition coefficient (Wildman–Crippen LogP) is 12.5. The van der Waals surface area contributed by atoms with Gasteiger partial charge in [-0.1, -0.05) is 43.9 Å². The number of carboxylic acids is 1. The van der Waals surface area contributed by atoms with E-state index in [-0.39, 0.29) is 16.5 Å². The Bertz CT molecular complexity index is 1210. The van der Waals surface area contributed by atoms with Gasteiger partial charge in [0, 0.05) is 43.1 Å². The quantitative estimate of drug-likeness (QED) is 0.154. The Morgan fingerprint density at radius 2 is 0.980 bits per heavy atom. The number of hydrogen-bond donors (Lipinski definition) is 1. The van der Waals surface area contributed by atoms with E-state index in [1.54, 1.807) is 72.1 Å². The fraction of sp³-hybridized carbons (Fsp3) is 0.651. The van der Waals surface area contributed by atoms with Crippen LogP contribution in [0.1, 0.15) is 149 Å². The number of thiophene rings is 1. The van der Waals surface area contributed by atoms with Crippen molar-refractivity contribution in [2.45, 2.75) is 172 Å². The molecule has 4 aliphatic rings. The molecule has 0 radical (unpaired) electrons. The maximum Gasteiger partial charge on any atom is 0.308 e. The summed E-state index contributed by atoms with van der Waals surface area (Å²) in [6.45, 7) is 4.99. The molecule has 1 N–H and O–H groups in total. The Balaban J connectivity index is 0.000000246. The molecule has 6 heteroatoms. The maximum absolute atomic E-state index is 10.0. The Labute approximate surface area is 315 Å². The van der Waals surface area contributed by atoms with E-state index in [2.05, 4.69) is 46.4 Å². The molecule has 4 saturated carbocycles. The molecule has 0 atom stereocenters. The van der Waals surface area contributed by atoms with Crippen molar-refractivity contribution >= 4 is 54.5 Å². The van der Waals surface area contributed by atoms with E-state index in [4.69, 9.17) is 5.11 Å². The molecule has 274 valence electrons. The van der Waals surface area contributed by atoms with Gasteiger partial charge in [-0.05, 0) is 124 Å². The monoisotopic (exact) mass is 765 g/mol. The minimum Gasteiger partial charge on any atom is -0.481 e. The average Bonchev–Trinajstić information content (AvgIpc) is 3.59. The molecule has 2 aromatic carbocycles. The smallest absolute Gasteiger partial charge is 0.308 e. The van der Waals surface area contributed by atoms with Crippen LogP contribution in [0.3, 0.4) is 0 Å². The number of carboxylic acid groups (broad SMARTS) is 1. The summed E-state index contributed by atoms with van der Waals surface area (Å²) < 4.78 is 0. The fourth-order valence-corrected chi connectivity index (χ4v) is 20.2. The average molecular weight is 767 g/mol. The normalized spacial score (nSPS) is 20.2. The predicted molar refractivity (Wildman–Crippen MR) is 218 cm³/mol. The Kier molecular flexibility index (Phi) is 17.6. The minimum atomic E-state index is -0.757. The van der Waals surface area contributed by atoms with Crippen LogP contribution in [-0.4, -0.2) is 33.7 Å². The van der Waals surface area contributed by atoms with Gasteiger partial charge in [-0.2, -0.15) is 24.3 Å². The molecule has 0 amide bonds. The zero-order valence-electron chi connectivity index (χ0n) is 30.7. The van der Waals surface area contributed by atoms with Crippen LogP contribution in [-0.2, 0) is 21.3 Å². The first kappa shape index (κ1) is 41.0. The van der Waals surface area contributed by atoms with Crippen LogP contribution >= 0.6 is 27.2 Å². The number of rotatable bonds is 6. The van der Waals surface area contributed by atoms with Gasteiger partial charge < -0.3 is 5.11 Å². The van der Waals surface area contributed by atoms with E-state index in [1.807, 2.05) is 34.9 Å². The molecule has 2 nitrogen and oxygen atoms in total. The van der Waals surface area contributed by atoms with Gasteiger partial charge in [-0.3, -0.25) is 4.79 Å². The third-order valence-corrected chi connectivity index (χ3v) is 21.0. The third kappa shape index (κ3) is 12.1. The number of benzene rings is 2. The third-order valence-electron chi connectivity index (χ3n) is 11.7. The Hall–Kier alpha value is -0.776. The van der Waals surface area contributed by atoms with Crippen molar-refractivity contribution < 1.29 is 26.4 Å². The first-order valence-electron chi connectivity index (χ1n) is 19.7. The van der Waals surface area contributed by atoms with Crippen LogP contribution in [0.25, 0.3) is 10.8 Å². The fourth-order valence-electron chi connectivity index (χ4n) is 9.01. The van der Waals surface area contributed by atoms with Gasteiger partial charge in [-0.25, -0.2) is 0 Å². The molecule has 49 heavy (non-hydrogen) atoms. The molecule has 1 heterocycles. The summed E-state index contributed by atoms with van der Waals surface area (Å²) in [5, 5.41) is 20.4. The molecule has 3 aromatic rings. The van der Waals surface area contributed by atoms with Crippen LogP contribution < -0.4 is 10.6 Å². The number of carbonyl (C=O) groups is 1. The van der Waals surface area contributed by atoms with Crippen LogP contribution in [0.15, 0.2) is 53.2 Å². The second-order valence-corrected chi connectivity index (χ2v) is 23.2. The SMILES string of the molecule is CC(C)(C)C(=O)O.[Ni].[c-]1ccc2ccccc2c1.c1scc([PH+](C2CCCCC2)C2CCCCC2)c1[PH+](C1CCCCC1)C1CCCCC1. The molecule has 0 spiro atoms. The molecular formula is C43H65NiO2P2S+. The molecule has 1 aromatic heterocycles. The molecule has 0 unspecified atom stereocenters. The van der Waals surface area contributed by atoms with Crippen molar-refractivity contribution in [1.29, 1.82) is 0 Å². The minimum absolute atomic E-state index is 0. The number of fused-ring (bicyclic) bond motifs is 1. The van der Waals surface area contributed by atoms with E-state index in [9.17, 15) is 4.79 Å². The van der Waals surface area contributed by atoms with Gasteiger partial charge in [0.25, 0.3) is 0 Å². The Morgan fingerprint density at radius 1 is 0.633 bits per heavy atom. The molecule has 4 fully saturated rings. The van der Waals surface area contributed by atoms with Gasteiger partial charge in [0.15, 0.2) is 0 Å². The van der Waals surface area contributed by atoms with Crippen LogP contribution in [0.4, 0.5) is 0 Å². The van der Waals surface area contributed by atoms with Gasteiger partial charge in [-0.15, -0.1) is 28.2 Å². The van der Waals surface area contributed by atoms with Gasteiger partial charge in [0.05, 0.1) is 28.1 Å². The second kappa shape index (κ2) is 21.1. The topological polar surface area (TPSA) is 37.3 Å². The van der Waals surface area contributed by atoms with E-state index in [0.29, 0.717) is 0 Å². The van der Waals surface area contributed by atoms with E-state index >= 15 is 0 Å². The van der Waals surface area contributed by atoms with Crippen molar-refractivity contribution in [3.8, 4) is 0 Å². The van der Waals surface area contributed by atoms with Gasteiger partial charge in [0.2, 0.25) is 0 Å². The summed E-state index contributed by atoms with van der Waals surface area (Å²) in [4.78, 5) is 10.0. The zero-order valence-corrected chi connectivity index (χ0v) is 34.5.